The molecule has 1 amide bonds. The molecule has 0 heterocycles. The maximum atomic E-state index is 11.9. The molecule has 0 unspecified atom stereocenters. The normalized spacial score (nSPS) is 10.3. The molecule has 2 N–H and O–H groups in total. The summed E-state index contributed by atoms with van der Waals surface area (Å²) in [5, 5.41) is 6.17. The molecule has 0 aliphatic rings. The van der Waals surface area contributed by atoms with Crippen LogP contribution in [0.5, 0.6) is 0 Å². The number of benzene rings is 2. The summed E-state index contributed by atoms with van der Waals surface area (Å²) in [5.74, 6) is 0.00424. The molecule has 0 aliphatic heterocycles. The highest BCUT2D eigenvalue weighted by molar-refractivity contribution is 9.10. The van der Waals surface area contributed by atoms with Crippen molar-refractivity contribution in [2.45, 2.75) is 20.3 Å². The van der Waals surface area contributed by atoms with Crippen molar-refractivity contribution in [3.63, 3.8) is 0 Å². The van der Waals surface area contributed by atoms with E-state index >= 15 is 0 Å². The number of carbonyl (C=O) groups is 1. The third kappa shape index (κ3) is 5.57. The third-order valence-electron chi connectivity index (χ3n) is 3.81. The number of nitrogens with zero attached hydrogens (tertiary/aromatic N) is 1. The Morgan fingerprint density at radius 3 is 2.12 bits per heavy atom. The number of rotatable bonds is 8. The average Bonchev–Trinajstić information content (AvgIpc) is 2.59. The maximum Gasteiger partial charge on any atom is 0.226 e. The molecule has 0 saturated heterocycles. The first kappa shape index (κ1) is 18.3. The Morgan fingerprint density at radius 2 is 1.54 bits per heavy atom. The lowest BCUT2D eigenvalue weighted by Gasteiger charge is -2.21. The number of nitrogens with one attached hydrogen (secondary N) is 2. The summed E-state index contributed by atoms with van der Waals surface area (Å²) in [6, 6.07) is 15.9. The first-order valence-electron chi connectivity index (χ1n) is 8.26. The van der Waals surface area contributed by atoms with E-state index in [4.69, 9.17) is 0 Å². The molecule has 2 aromatic rings. The molecule has 128 valence electrons. The summed E-state index contributed by atoms with van der Waals surface area (Å²) in [6.45, 7) is 6.91. The van der Waals surface area contributed by atoms with E-state index in [1.54, 1.807) is 0 Å². The van der Waals surface area contributed by atoms with E-state index in [2.05, 4.69) is 69.6 Å². The van der Waals surface area contributed by atoms with E-state index in [1.165, 1.54) is 5.69 Å². The smallest absolute Gasteiger partial charge is 0.226 e. The molecule has 5 heteroatoms. The second-order valence-corrected chi connectivity index (χ2v) is 6.37. The Labute approximate surface area is 152 Å². The van der Waals surface area contributed by atoms with Gasteiger partial charge >= 0.3 is 0 Å². The molecule has 0 radical (unpaired) electrons. The number of carbonyl (C=O) groups excluding carboxylic acids is 1. The molecule has 0 spiro atoms. The van der Waals surface area contributed by atoms with Gasteiger partial charge in [0.15, 0.2) is 0 Å². The lowest BCUT2D eigenvalue weighted by Crippen LogP contribution is -2.21. The van der Waals surface area contributed by atoms with Crippen molar-refractivity contribution < 1.29 is 4.79 Å². The minimum Gasteiger partial charge on any atom is -0.385 e. The number of amides is 1. The van der Waals surface area contributed by atoms with Gasteiger partial charge in [0.1, 0.15) is 0 Å². The zero-order chi connectivity index (χ0) is 17.4. The van der Waals surface area contributed by atoms with Crippen LogP contribution < -0.4 is 15.5 Å². The molecule has 0 aromatic heterocycles. The first-order valence-corrected chi connectivity index (χ1v) is 9.06. The molecule has 24 heavy (non-hydrogen) atoms. The number of halogens is 1. The Balaban J connectivity index is 1.77. The predicted octanol–water partition coefficient (Wildman–Crippen LogP) is 4.74. The van der Waals surface area contributed by atoms with Crippen LogP contribution in [0.1, 0.15) is 20.3 Å². The molecule has 0 atom stereocenters. The van der Waals surface area contributed by atoms with Crippen molar-refractivity contribution in [3.8, 4) is 0 Å². The zero-order valence-electron chi connectivity index (χ0n) is 14.2. The van der Waals surface area contributed by atoms with Crippen LogP contribution in [0.25, 0.3) is 0 Å². The van der Waals surface area contributed by atoms with E-state index in [1.807, 2.05) is 24.3 Å². The van der Waals surface area contributed by atoms with Gasteiger partial charge in [0.2, 0.25) is 5.91 Å². The van der Waals surface area contributed by atoms with Crippen molar-refractivity contribution >= 4 is 38.9 Å². The van der Waals surface area contributed by atoms with E-state index in [0.717, 1.165) is 28.9 Å². The molecule has 0 aliphatic carbocycles. The van der Waals surface area contributed by atoms with Crippen molar-refractivity contribution in [3.05, 3.63) is 53.0 Å². The summed E-state index contributed by atoms with van der Waals surface area (Å²) in [4.78, 5) is 14.2. The molecule has 2 rings (SSSR count). The fourth-order valence-corrected chi connectivity index (χ4v) is 2.72. The van der Waals surface area contributed by atoms with Crippen molar-refractivity contribution in [1.29, 1.82) is 0 Å². The van der Waals surface area contributed by atoms with Gasteiger partial charge in [0.25, 0.3) is 0 Å². The summed E-state index contributed by atoms with van der Waals surface area (Å²) in [6.07, 6.45) is 0.424. The standard InChI is InChI=1S/C19H24BrN3O/c1-3-23(4-2)18-11-9-16(10-12-18)21-14-13-19(24)22-17-7-5-15(20)6-8-17/h5-12,21H,3-4,13-14H2,1-2H3,(H,22,24). The molecule has 4 nitrogen and oxygen atoms in total. The SMILES string of the molecule is CCN(CC)c1ccc(NCCC(=O)Nc2ccc(Br)cc2)cc1. The van der Waals surface area contributed by atoms with Crippen LogP contribution in [0.15, 0.2) is 53.0 Å². The summed E-state index contributed by atoms with van der Waals surface area (Å²) < 4.78 is 0.996. The zero-order valence-corrected chi connectivity index (χ0v) is 15.8. The Hall–Kier alpha value is -2.01. The molecule has 2 aromatic carbocycles. The monoisotopic (exact) mass is 389 g/mol. The second-order valence-electron chi connectivity index (χ2n) is 5.45. The molecular weight excluding hydrogens is 366 g/mol. The number of hydrogen-bond donors (Lipinski definition) is 2. The Kier molecular flexibility index (Phi) is 7.12. The van der Waals surface area contributed by atoms with Gasteiger partial charge in [-0.3, -0.25) is 4.79 Å². The quantitative estimate of drug-likeness (QED) is 0.685. The van der Waals surface area contributed by atoms with Crippen LogP contribution in [-0.4, -0.2) is 25.5 Å². The van der Waals surface area contributed by atoms with Gasteiger partial charge in [-0.2, -0.15) is 0 Å². The summed E-state index contributed by atoms with van der Waals surface area (Å²) in [5.41, 5.74) is 3.06. The molecule has 0 fully saturated rings. The maximum absolute atomic E-state index is 11.9. The van der Waals surface area contributed by atoms with Gasteiger partial charge in [-0.05, 0) is 62.4 Å². The highest BCUT2D eigenvalue weighted by Crippen LogP contribution is 2.18. The topological polar surface area (TPSA) is 44.4 Å². The van der Waals surface area contributed by atoms with Crippen LogP contribution >= 0.6 is 15.9 Å². The van der Waals surface area contributed by atoms with Crippen molar-refractivity contribution in [2.75, 3.05) is 35.2 Å². The minimum absolute atomic E-state index is 0.00424. The van der Waals surface area contributed by atoms with Gasteiger partial charge in [0.05, 0.1) is 0 Å². The van der Waals surface area contributed by atoms with Crippen LogP contribution in [0.2, 0.25) is 0 Å². The van der Waals surface area contributed by atoms with Gasteiger partial charge in [-0.1, -0.05) is 15.9 Å². The fraction of sp³-hybridized carbons (Fsp3) is 0.316. The summed E-state index contributed by atoms with van der Waals surface area (Å²) >= 11 is 3.38. The van der Waals surface area contributed by atoms with Crippen molar-refractivity contribution in [1.82, 2.24) is 0 Å². The van der Waals surface area contributed by atoms with E-state index in [9.17, 15) is 4.79 Å². The van der Waals surface area contributed by atoms with Crippen LogP contribution in [0.3, 0.4) is 0 Å². The molecule has 0 bridgehead atoms. The second kappa shape index (κ2) is 9.33. The van der Waals surface area contributed by atoms with Crippen LogP contribution in [-0.2, 0) is 4.79 Å². The van der Waals surface area contributed by atoms with E-state index in [0.29, 0.717) is 13.0 Å². The van der Waals surface area contributed by atoms with Crippen LogP contribution in [0, 0.1) is 0 Å². The Morgan fingerprint density at radius 1 is 0.958 bits per heavy atom. The van der Waals surface area contributed by atoms with Crippen molar-refractivity contribution in [2.24, 2.45) is 0 Å². The van der Waals surface area contributed by atoms with Gasteiger partial charge in [0, 0.05) is 47.6 Å². The number of hydrogen-bond acceptors (Lipinski definition) is 3. The summed E-state index contributed by atoms with van der Waals surface area (Å²) in [7, 11) is 0. The largest absolute Gasteiger partial charge is 0.385 e. The Bertz CT molecular complexity index is 637. The van der Waals surface area contributed by atoms with E-state index < -0.39 is 0 Å². The predicted molar refractivity (Wildman–Crippen MR) is 106 cm³/mol. The molecule has 0 saturated carbocycles. The van der Waals surface area contributed by atoms with Gasteiger partial charge in [-0.25, -0.2) is 0 Å². The highest BCUT2D eigenvalue weighted by atomic mass is 79.9. The lowest BCUT2D eigenvalue weighted by atomic mass is 10.2. The fourth-order valence-electron chi connectivity index (χ4n) is 2.46. The average molecular weight is 390 g/mol. The minimum atomic E-state index is 0.00424. The third-order valence-corrected chi connectivity index (χ3v) is 4.33. The van der Waals surface area contributed by atoms with Gasteiger partial charge < -0.3 is 15.5 Å². The van der Waals surface area contributed by atoms with Crippen LogP contribution in [0.4, 0.5) is 17.1 Å². The van der Waals surface area contributed by atoms with E-state index in [-0.39, 0.29) is 5.91 Å². The van der Waals surface area contributed by atoms with Gasteiger partial charge in [-0.15, -0.1) is 0 Å². The number of anilines is 3. The highest BCUT2D eigenvalue weighted by Gasteiger charge is 2.04. The lowest BCUT2D eigenvalue weighted by molar-refractivity contribution is -0.115. The first-order chi connectivity index (χ1) is 11.6. The molecular formula is C19H24BrN3O.